The minimum absolute atomic E-state index is 0.201. The Bertz CT molecular complexity index is 690. The lowest BCUT2D eigenvalue weighted by molar-refractivity contribution is 0.0581. The molecule has 0 unspecified atom stereocenters. The first kappa shape index (κ1) is 15.8. The molecule has 0 N–H and O–H groups in total. The molecule has 1 saturated heterocycles. The van der Waals surface area contributed by atoms with Gasteiger partial charge in [0, 0.05) is 32.2 Å². The lowest BCUT2D eigenvalue weighted by Crippen LogP contribution is -2.48. The molecule has 2 aliphatic rings. The van der Waals surface area contributed by atoms with Crippen molar-refractivity contribution >= 4 is 0 Å². The van der Waals surface area contributed by atoms with Gasteiger partial charge in [-0.05, 0) is 44.2 Å². The molecule has 1 aromatic heterocycles. The first-order valence-electron chi connectivity index (χ1n) is 9.08. The molecule has 1 fully saturated rings. The molecule has 0 radical (unpaired) electrons. The maximum Gasteiger partial charge on any atom is 0.243 e. The molecule has 2 aromatic rings. The lowest BCUT2D eigenvalue weighted by atomic mass is 9.86. The van der Waals surface area contributed by atoms with E-state index in [1.54, 1.807) is 11.1 Å². The normalized spacial score (nSPS) is 23.8. The van der Waals surface area contributed by atoms with Crippen molar-refractivity contribution in [3.05, 3.63) is 47.1 Å². The third kappa shape index (κ3) is 2.98. The van der Waals surface area contributed by atoms with Crippen LogP contribution in [0.1, 0.15) is 54.7 Å². The van der Waals surface area contributed by atoms with E-state index in [1.807, 2.05) is 6.92 Å². The fourth-order valence-corrected chi connectivity index (χ4v) is 4.18. The van der Waals surface area contributed by atoms with Gasteiger partial charge in [-0.25, -0.2) is 0 Å². The van der Waals surface area contributed by atoms with Crippen LogP contribution in [-0.4, -0.2) is 46.1 Å². The molecule has 1 aromatic carbocycles. The summed E-state index contributed by atoms with van der Waals surface area (Å²) in [7, 11) is 0. The van der Waals surface area contributed by atoms with E-state index in [2.05, 4.69) is 51.1 Å². The Labute approximate surface area is 143 Å². The number of rotatable bonds is 3. The van der Waals surface area contributed by atoms with E-state index in [4.69, 9.17) is 4.52 Å². The summed E-state index contributed by atoms with van der Waals surface area (Å²) in [6, 6.07) is 9.79. The van der Waals surface area contributed by atoms with E-state index in [0.717, 1.165) is 32.1 Å². The molecule has 1 aliphatic carbocycles. The van der Waals surface area contributed by atoms with Crippen molar-refractivity contribution < 1.29 is 4.52 Å². The van der Waals surface area contributed by atoms with Gasteiger partial charge in [0.25, 0.3) is 0 Å². The summed E-state index contributed by atoms with van der Waals surface area (Å²) in [6.45, 7) is 8.37. The molecule has 5 heteroatoms. The Morgan fingerprint density at radius 2 is 1.96 bits per heavy atom. The quantitative estimate of drug-likeness (QED) is 0.867. The number of benzene rings is 1. The van der Waals surface area contributed by atoms with E-state index in [9.17, 15) is 0 Å². The zero-order valence-corrected chi connectivity index (χ0v) is 14.6. The lowest BCUT2D eigenvalue weighted by Gasteiger charge is -2.42. The Morgan fingerprint density at radius 3 is 2.71 bits per heavy atom. The van der Waals surface area contributed by atoms with Gasteiger partial charge in [0.15, 0.2) is 5.82 Å². The Balaban J connectivity index is 1.42. The van der Waals surface area contributed by atoms with Gasteiger partial charge < -0.3 is 4.52 Å². The van der Waals surface area contributed by atoms with Crippen LogP contribution in [0.4, 0.5) is 0 Å². The molecule has 5 nitrogen and oxygen atoms in total. The molecule has 0 saturated carbocycles. The first-order valence-corrected chi connectivity index (χ1v) is 9.08. The van der Waals surface area contributed by atoms with E-state index in [1.165, 1.54) is 19.3 Å². The summed E-state index contributed by atoms with van der Waals surface area (Å²) < 4.78 is 5.35. The van der Waals surface area contributed by atoms with Crippen molar-refractivity contribution in [2.45, 2.75) is 45.2 Å². The third-order valence-corrected chi connectivity index (χ3v) is 5.58. The monoisotopic (exact) mass is 326 g/mol. The predicted octanol–water partition coefficient (Wildman–Crippen LogP) is 3.13. The fourth-order valence-electron chi connectivity index (χ4n) is 4.18. The Morgan fingerprint density at radius 1 is 1.17 bits per heavy atom. The van der Waals surface area contributed by atoms with Gasteiger partial charge in [-0.1, -0.05) is 29.4 Å². The molecule has 0 amide bonds. The number of piperazine rings is 1. The zero-order chi connectivity index (χ0) is 16.5. The third-order valence-electron chi connectivity index (χ3n) is 5.58. The van der Waals surface area contributed by atoms with Crippen LogP contribution in [0.25, 0.3) is 0 Å². The number of aromatic nitrogens is 2. The van der Waals surface area contributed by atoms with Crippen LogP contribution < -0.4 is 0 Å². The molecular weight excluding hydrogens is 300 g/mol. The molecule has 2 atom stereocenters. The van der Waals surface area contributed by atoms with Gasteiger partial charge in [-0.15, -0.1) is 0 Å². The molecule has 4 rings (SSSR count). The van der Waals surface area contributed by atoms with E-state index < -0.39 is 0 Å². The van der Waals surface area contributed by atoms with Crippen molar-refractivity contribution in [1.29, 1.82) is 0 Å². The number of fused-ring (bicyclic) bond motifs is 1. The smallest absolute Gasteiger partial charge is 0.243 e. The van der Waals surface area contributed by atoms with Crippen molar-refractivity contribution in [3.63, 3.8) is 0 Å². The van der Waals surface area contributed by atoms with Gasteiger partial charge in [0.1, 0.15) is 0 Å². The molecule has 128 valence electrons. The van der Waals surface area contributed by atoms with Crippen LogP contribution in [0.2, 0.25) is 0 Å². The summed E-state index contributed by atoms with van der Waals surface area (Å²) in [5.41, 5.74) is 3.10. The minimum Gasteiger partial charge on any atom is -0.338 e. The summed E-state index contributed by atoms with van der Waals surface area (Å²) in [4.78, 5) is 9.51. The predicted molar refractivity (Wildman–Crippen MR) is 92.7 cm³/mol. The van der Waals surface area contributed by atoms with Gasteiger partial charge in [-0.3, -0.25) is 9.80 Å². The second kappa shape index (κ2) is 6.65. The average molecular weight is 326 g/mol. The summed E-state index contributed by atoms with van der Waals surface area (Å²) in [5, 5.41) is 3.92. The second-order valence-electron chi connectivity index (χ2n) is 7.03. The summed E-state index contributed by atoms with van der Waals surface area (Å²) >= 11 is 0. The molecule has 2 heterocycles. The maximum atomic E-state index is 5.35. The average Bonchev–Trinajstić information content (AvgIpc) is 3.07. The van der Waals surface area contributed by atoms with Crippen LogP contribution >= 0.6 is 0 Å². The molecule has 0 spiro atoms. The molecule has 0 bridgehead atoms. The van der Waals surface area contributed by atoms with Crippen LogP contribution in [0.3, 0.4) is 0 Å². The Kier molecular flexibility index (Phi) is 4.37. The highest BCUT2D eigenvalue weighted by Gasteiger charge is 2.31. The maximum absolute atomic E-state index is 5.35. The van der Waals surface area contributed by atoms with E-state index in [0.29, 0.717) is 11.9 Å². The van der Waals surface area contributed by atoms with Crippen molar-refractivity contribution in [2.24, 2.45) is 0 Å². The summed E-state index contributed by atoms with van der Waals surface area (Å²) in [5.74, 6) is 1.46. The van der Waals surface area contributed by atoms with Crippen LogP contribution in [0.15, 0.2) is 28.8 Å². The van der Waals surface area contributed by atoms with Crippen LogP contribution in [0.5, 0.6) is 0 Å². The fraction of sp³-hybridized carbons (Fsp3) is 0.579. The number of hydrogen-bond donors (Lipinski definition) is 0. The van der Waals surface area contributed by atoms with Crippen molar-refractivity contribution in [2.75, 3.05) is 26.2 Å². The summed E-state index contributed by atoms with van der Waals surface area (Å²) in [6.07, 6.45) is 3.83. The van der Waals surface area contributed by atoms with Gasteiger partial charge in [0.05, 0.1) is 6.04 Å². The molecule has 1 aliphatic heterocycles. The minimum atomic E-state index is 0.201. The number of hydrogen-bond acceptors (Lipinski definition) is 5. The second-order valence-corrected chi connectivity index (χ2v) is 7.03. The van der Waals surface area contributed by atoms with Gasteiger partial charge in [-0.2, -0.15) is 4.98 Å². The largest absolute Gasteiger partial charge is 0.338 e. The SMILES string of the molecule is Cc1noc([C@H](C)N2CCN([C@@H]3CCCc4ccccc43)CC2)n1. The number of aryl methyl sites for hydroxylation is 2. The van der Waals surface area contributed by atoms with E-state index in [-0.39, 0.29) is 6.04 Å². The number of nitrogens with zero attached hydrogens (tertiary/aromatic N) is 4. The highest BCUT2D eigenvalue weighted by atomic mass is 16.5. The first-order chi connectivity index (χ1) is 11.7. The molecule has 24 heavy (non-hydrogen) atoms. The van der Waals surface area contributed by atoms with Crippen molar-refractivity contribution in [1.82, 2.24) is 19.9 Å². The van der Waals surface area contributed by atoms with Crippen LogP contribution in [0, 0.1) is 6.92 Å². The van der Waals surface area contributed by atoms with Gasteiger partial charge in [0.2, 0.25) is 5.89 Å². The highest BCUT2D eigenvalue weighted by Crippen LogP contribution is 2.35. The molecular formula is C19H26N4O. The topological polar surface area (TPSA) is 45.4 Å². The standard InChI is InChI=1S/C19H26N4O/c1-14(19-20-15(2)21-24-19)22-10-12-23(13-11-22)18-9-5-7-16-6-3-4-8-17(16)18/h3-4,6,8,14,18H,5,7,9-13H2,1-2H3/t14-,18+/m0/s1. The van der Waals surface area contributed by atoms with Crippen LogP contribution in [-0.2, 0) is 6.42 Å². The highest BCUT2D eigenvalue weighted by molar-refractivity contribution is 5.32. The zero-order valence-electron chi connectivity index (χ0n) is 14.6. The Hall–Kier alpha value is -1.72. The van der Waals surface area contributed by atoms with Gasteiger partial charge >= 0.3 is 0 Å². The van der Waals surface area contributed by atoms with Crippen molar-refractivity contribution in [3.8, 4) is 0 Å². The van der Waals surface area contributed by atoms with E-state index >= 15 is 0 Å².